The number of aryl methyl sites for hydroxylation is 1. The van der Waals surface area contributed by atoms with Crippen molar-refractivity contribution in [3.8, 4) is 0 Å². The summed E-state index contributed by atoms with van der Waals surface area (Å²) in [6.45, 7) is 1.61. The number of nitrogens with one attached hydrogen (secondary N) is 1. The molecule has 0 saturated carbocycles. The Morgan fingerprint density at radius 3 is 2.63 bits per heavy atom. The first-order chi connectivity index (χ1) is 14.2. The van der Waals surface area contributed by atoms with Gasteiger partial charge < -0.3 is 11.5 Å². The second-order valence-electron chi connectivity index (χ2n) is 7.36. The van der Waals surface area contributed by atoms with Crippen molar-refractivity contribution in [2.24, 2.45) is 11.5 Å². The van der Waals surface area contributed by atoms with Crippen LogP contribution in [-0.4, -0.2) is 33.2 Å². The molecule has 10 heteroatoms. The molecule has 1 aliphatic rings. The summed E-state index contributed by atoms with van der Waals surface area (Å²) in [4.78, 5) is 64.9. The van der Waals surface area contributed by atoms with Crippen LogP contribution in [0, 0.1) is 6.92 Å². The fraction of sp³-hybridized carbons (Fsp3) is 0.400. The lowest BCUT2D eigenvalue weighted by molar-refractivity contribution is -0.136. The normalized spacial score (nSPS) is 17.6. The quantitative estimate of drug-likeness (QED) is 0.536. The highest BCUT2D eigenvalue weighted by Gasteiger charge is 2.31. The minimum absolute atomic E-state index is 0.0897. The summed E-state index contributed by atoms with van der Waals surface area (Å²) in [6.07, 6.45) is 0.951. The van der Waals surface area contributed by atoms with Gasteiger partial charge in [0, 0.05) is 12.8 Å². The van der Waals surface area contributed by atoms with Crippen LogP contribution < -0.4 is 22.3 Å². The van der Waals surface area contributed by atoms with Crippen molar-refractivity contribution in [3.63, 3.8) is 0 Å². The largest absolute Gasteiger partial charge is 0.370 e. The van der Waals surface area contributed by atoms with Gasteiger partial charge in [0.2, 0.25) is 23.6 Å². The van der Waals surface area contributed by atoms with Crippen molar-refractivity contribution >= 4 is 34.5 Å². The third-order valence-electron chi connectivity index (χ3n) is 5.29. The van der Waals surface area contributed by atoms with Crippen LogP contribution in [-0.2, 0) is 19.2 Å². The van der Waals surface area contributed by atoms with Crippen LogP contribution in [0.5, 0.6) is 0 Å². The van der Waals surface area contributed by atoms with E-state index in [4.69, 9.17) is 11.5 Å². The van der Waals surface area contributed by atoms with Crippen LogP contribution in [0.2, 0.25) is 0 Å². The molecule has 0 spiro atoms. The molecule has 2 aromatic rings. The summed E-state index contributed by atoms with van der Waals surface area (Å²) in [6, 6.07) is 4.06. The number of imide groups is 1. The topological polar surface area (TPSA) is 167 Å². The van der Waals surface area contributed by atoms with Crippen LogP contribution in [0.15, 0.2) is 23.0 Å². The van der Waals surface area contributed by atoms with Crippen LogP contribution in [0.1, 0.15) is 55.5 Å². The maximum atomic E-state index is 13.4. The molecular weight excluding hydrogens is 390 g/mol. The van der Waals surface area contributed by atoms with Gasteiger partial charge in [-0.05, 0) is 37.8 Å². The standard InChI is InChI=1S/C20H23N5O5/c1-10-23-13-6-2-4-11(12(18(22)28)5-3-7-15(21)26)17(13)20(30)25(10)14-8-9-16(27)24-19(14)29/h2,4,6,12,14H,3,5,7-9H2,1H3,(H2,21,26)(H2,22,28)(H,24,27,29). The monoisotopic (exact) mass is 413 g/mol. The predicted molar refractivity (Wildman–Crippen MR) is 107 cm³/mol. The molecule has 1 aromatic carbocycles. The first-order valence-electron chi connectivity index (χ1n) is 9.63. The number of aromatic nitrogens is 2. The fourth-order valence-electron chi connectivity index (χ4n) is 3.90. The molecule has 5 N–H and O–H groups in total. The molecule has 1 aromatic heterocycles. The SMILES string of the molecule is Cc1nc2cccc(C(CCCC(N)=O)C(N)=O)c2c(=O)n1C1CCC(=O)NC1=O. The Morgan fingerprint density at radius 1 is 1.27 bits per heavy atom. The number of amides is 4. The Bertz CT molecular complexity index is 1110. The van der Waals surface area contributed by atoms with E-state index in [1.807, 2.05) is 0 Å². The van der Waals surface area contributed by atoms with Gasteiger partial charge in [0.05, 0.1) is 16.8 Å². The van der Waals surface area contributed by atoms with Crippen molar-refractivity contribution < 1.29 is 19.2 Å². The molecule has 2 unspecified atom stereocenters. The van der Waals surface area contributed by atoms with Crippen molar-refractivity contribution in [3.05, 3.63) is 39.9 Å². The summed E-state index contributed by atoms with van der Waals surface area (Å²) in [5.41, 5.74) is 11.0. The highest BCUT2D eigenvalue weighted by molar-refractivity contribution is 5.99. The van der Waals surface area contributed by atoms with Gasteiger partial charge in [-0.15, -0.1) is 0 Å². The minimum Gasteiger partial charge on any atom is -0.370 e. The average Bonchev–Trinajstić information content (AvgIpc) is 2.66. The number of benzene rings is 1. The van der Waals surface area contributed by atoms with Gasteiger partial charge >= 0.3 is 0 Å². The molecule has 10 nitrogen and oxygen atoms in total. The zero-order valence-corrected chi connectivity index (χ0v) is 16.5. The lowest BCUT2D eigenvalue weighted by Crippen LogP contribution is -2.45. The van der Waals surface area contributed by atoms with Crippen molar-refractivity contribution in [1.29, 1.82) is 0 Å². The van der Waals surface area contributed by atoms with Gasteiger partial charge in [-0.3, -0.25) is 33.9 Å². The number of primary amides is 2. The molecule has 0 radical (unpaired) electrons. The van der Waals surface area contributed by atoms with Gasteiger partial charge in [-0.25, -0.2) is 4.98 Å². The number of carbonyl (C=O) groups is 4. The van der Waals surface area contributed by atoms with E-state index < -0.39 is 35.2 Å². The number of fused-ring (bicyclic) bond motifs is 1. The number of hydrogen-bond acceptors (Lipinski definition) is 6. The van der Waals surface area contributed by atoms with Crippen molar-refractivity contribution in [1.82, 2.24) is 14.9 Å². The minimum atomic E-state index is -0.873. The van der Waals surface area contributed by atoms with Gasteiger partial charge in [0.1, 0.15) is 11.9 Å². The number of carbonyl (C=O) groups excluding carboxylic acids is 4. The zero-order valence-electron chi connectivity index (χ0n) is 16.5. The Labute approximate surface area is 171 Å². The van der Waals surface area contributed by atoms with Gasteiger partial charge in [-0.1, -0.05) is 12.1 Å². The number of piperidine rings is 1. The molecule has 1 aliphatic heterocycles. The molecule has 30 heavy (non-hydrogen) atoms. The van der Waals surface area contributed by atoms with E-state index in [0.29, 0.717) is 23.3 Å². The molecule has 3 rings (SSSR count). The van der Waals surface area contributed by atoms with Gasteiger partial charge in [-0.2, -0.15) is 0 Å². The summed E-state index contributed by atoms with van der Waals surface area (Å²) in [7, 11) is 0. The molecule has 4 amide bonds. The smallest absolute Gasteiger partial charge is 0.262 e. The molecule has 158 valence electrons. The number of nitrogens with zero attached hydrogens (tertiary/aromatic N) is 2. The second kappa shape index (κ2) is 8.44. The first kappa shape index (κ1) is 21.2. The second-order valence-corrected chi connectivity index (χ2v) is 7.36. The fourth-order valence-corrected chi connectivity index (χ4v) is 3.90. The number of nitrogens with two attached hydrogens (primary N) is 2. The van der Waals surface area contributed by atoms with Gasteiger partial charge in [0.25, 0.3) is 5.56 Å². The molecule has 2 heterocycles. The Hall–Kier alpha value is -3.56. The lowest BCUT2D eigenvalue weighted by Gasteiger charge is -2.25. The van der Waals surface area contributed by atoms with E-state index in [-0.39, 0.29) is 37.0 Å². The molecular formula is C20H23N5O5. The lowest BCUT2D eigenvalue weighted by atomic mass is 9.90. The van der Waals surface area contributed by atoms with Crippen LogP contribution in [0.4, 0.5) is 0 Å². The van der Waals surface area contributed by atoms with E-state index in [9.17, 15) is 24.0 Å². The number of hydrogen-bond donors (Lipinski definition) is 3. The Morgan fingerprint density at radius 2 is 2.00 bits per heavy atom. The molecule has 1 fully saturated rings. The Balaban J connectivity index is 2.13. The predicted octanol–water partition coefficient (Wildman–Crippen LogP) is -0.0929. The van der Waals surface area contributed by atoms with Crippen molar-refractivity contribution in [2.75, 3.05) is 0 Å². The maximum Gasteiger partial charge on any atom is 0.262 e. The molecule has 0 aliphatic carbocycles. The zero-order chi connectivity index (χ0) is 22.0. The highest BCUT2D eigenvalue weighted by atomic mass is 16.2. The Kier molecular flexibility index (Phi) is 5.95. The third kappa shape index (κ3) is 4.07. The van der Waals surface area contributed by atoms with Crippen molar-refractivity contribution in [2.45, 2.75) is 51.0 Å². The summed E-state index contributed by atoms with van der Waals surface area (Å²) in [5, 5.41) is 2.43. The van der Waals surface area contributed by atoms with E-state index >= 15 is 0 Å². The highest BCUT2D eigenvalue weighted by Crippen LogP contribution is 2.28. The summed E-state index contributed by atoms with van der Waals surface area (Å²) in [5.74, 6) is -2.58. The van der Waals surface area contributed by atoms with Crippen LogP contribution >= 0.6 is 0 Å². The molecule has 2 atom stereocenters. The van der Waals surface area contributed by atoms with E-state index in [2.05, 4.69) is 10.3 Å². The van der Waals surface area contributed by atoms with E-state index in [1.165, 1.54) is 4.57 Å². The number of rotatable bonds is 7. The maximum absolute atomic E-state index is 13.4. The average molecular weight is 413 g/mol. The van der Waals surface area contributed by atoms with E-state index in [0.717, 1.165) is 0 Å². The summed E-state index contributed by atoms with van der Waals surface area (Å²) >= 11 is 0. The van der Waals surface area contributed by atoms with Crippen LogP contribution in [0.3, 0.4) is 0 Å². The third-order valence-corrected chi connectivity index (χ3v) is 5.29. The van der Waals surface area contributed by atoms with E-state index in [1.54, 1.807) is 25.1 Å². The van der Waals surface area contributed by atoms with Crippen LogP contribution in [0.25, 0.3) is 10.9 Å². The van der Waals surface area contributed by atoms with Gasteiger partial charge in [0.15, 0.2) is 0 Å². The molecule has 1 saturated heterocycles. The first-order valence-corrected chi connectivity index (χ1v) is 9.63. The summed E-state index contributed by atoms with van der Waals surface area (Å²) < 4.78 is 1.26. The molecule has 0 bridgehead atoms.